The van der Waals surface area contributed by atoms with Crippen LogP contribution in [0.1, 0.15) is 93.7 Å². The van der Waals surface area contributed by atoms with Crippen molar-refractivity contribution in [3.63, 3.8) is 0 Å². The molecule has 3 aromatic rings. The SMILES string of the molecule is COc1cc(Br)c(CC2C3=C(CCN2C=O)CC2(CC3)OCCO2)c(Br)c1O.COc1cc(Br)c(CC2C3=C(CCN2C=O)CC2(CC3)OCCO2)cc1O.COc1ccc(CC2C3=C(CCN2C=O)CC2(CC3)OCCO2)cc1O. The average Bonchev–Trinajstić information content (AvgIpc) is 4.48. The number of methoxy groups -OCH3 is 3. The zero-order chi connectivity index (χ0) is 57.1. The fourth-order valence-electron chi connectivity index (χ4n) is 13.6. The summed E-state index contributed by atoms with van der Waals surface area (Å²) >= 11 is 10.7. The van der Waals surface area contributed by atoms with Gasteiger partial charge in [0.25, 0.3) is 0 Å². The molecule has 3 saturated heterocycles. The van der Waals surface area contributed by atoms with Gasteiger partial charge in [-0.2, -0.15) is 0 Å². The molecule has 3 atom stereocenters. The third kappa shape index (κ3) is 12.6. The number of nitrogens with zero attached hydrogens (tertiary/aromatic N) is 3. The quantitative estimate of drug-likeness (QED) is 0.114. The van der Waals surface area contributed by atoms with Crippen molar-refractivity contribution in [2.75, 3.05) is 80.6 Å². The standard InChI is InChI=1S/C20H23Br2NO5.C20H24BrNO5.C20H25NO5/c1-26-17-9-15(21)14(18(22)19(17)25)8-16-13-2-4-20(27-6-7-28-20)10-12(13)3-5-23(16)11-24;1-25-19-10-16(21)14(9-18(19)24)8-17-15-2-4-20(26-6-7-27-20)11-13(15)3-5-22(17)12-23;1-24-19-3-2-14(11-18(19)23)10-17-16-4-6-20(25-8-9-26-20)12-15(16)5-7-21(17)13-22/h9,11,16,25H,2-8,10H2,1H3;9-10,12,17,24H,2-8,11H2,1H3;2-3,11,13,17,23H,4-10,12H2,1H3. The molecule has 0 radical (unpaired) electrons. The zero-order valence-corrected chi connectivity index (χ0v) is 50.9. The number of phenols is 3. The molecular formula is C60H72Br3N3O15. The second-order valence-electron chi connectivity index (χ2n) is 22.0. The van der Waals surface area contributed by atoms with E-state index < -0.39 is 17.4 Å². The van der Waals surface area contributed by atoms with E-state index >= 15 is 0 Å². The Morgan fingerprint density at radius 3 is 1.35 bits per heavy atom. The summed E-state index contributed by atoms with van der Waals surface area (Å²) in [5.74, 6) is 0.225. The predicted molar refractivity (Wildman–Crippen MR) is 308 cm³/mol. The summed E-state index contributed by atoms with van der Waals surface area (Å²) in [7, 11) is 4.58. The molecule has 3 N–H and O–H groups in total. The molecule has 438 valence electrons. The molecule has 21 heteroatoms. The number of aromatic hydroxyl groups is 3. The van der Waals surface area contributed by atoms with Crippen LogP contribution in [-0.4, -0.2) is 165 Å². The van der Waals surface area contributed by atoms with E-state index in [4.69, 9.17) is 42.6 Å². The largest absolute Gasteiger partial charge is 0.504 e. The number of carbonyl (C=O) groups is 3. The molecule has 3 spiro atoms. The number of amides is 3. The Balaban J connectivity index is 0.000000136. The molecule has 9 aliphatic rings. The molecule has 3 aromatic carbocycles. The number of hydrogen-bond acceptors (Lipinski definition) is 15. The Morgan fingerprint density at radius 1 is 0.519 bits per heavy atom. The Bertz CT molecular complexity index is 2930. The van der Waals surface area contributed by atoms with E-state index in [9.17, 15) is 29.7 Å². The monoisotopic (exact) mass is 1310 g/mol. The molecule has 81 heavy (non-hydrogen) atoms. The Hall–Kier alpha value is -4.71. The van der Waals surface area contributed by atoms with Gasteiger partial charge in [0, 0.05) is 67.1 Å². The Labute approximate surface area is 498 Å². The van der Waals surface area contributed by atoms with Crippen molar-refractivity contribution in [3.8, 4) is 34.5 Å². The fourth-order valence-corrected chi connectivity index (χ4v) is 15.5. The number of phenolic OH excluding ortho intramolecular Hbond substituents is 3. The van der Waals surface area contributed by atoms with Gasteiger partial charge in [0.1, 0.15) is 0 Å². The lowest BCUT2D eigenvalue weighted by atomic mass is 9.78. The van der Waals surface area contributed by atoms with Crippen LogP contribution in [0.5, 0.6) is 34.5 Å². The summed E-state index contributed by atoms with van der Waals surface area (Å²) in [6, 6.07) is 10.7. The predicted octanol–water partition coefficient (Wildman–Crippen LogP) is 9.48. The lowest BCUT2D eigenvalue weighted by Gasteiger charge is -2.43. The van der Waals surface area contributed by atoms with Crippen molar-refractivity contribution in [3.05, 3.63) is 99.9 Å². The van der Waals surface area contributed by atoms with Gasteiger partial charge in [-0.05, 0) is 137 Å². The van der Waals surface area contributed by atoms with Gasteiger partial charge >= 0.3 is 0 Å². The summed E-state index contributed by atoms with van der Waals surface area (Å²) < 4.78 is 53.2. The molecule has 12 rings (SSSR count). The molecular weight excluding hydrogens is 1240 g/mol. The van der Waals surface area contributed by atoms with E-state index in [0.717, 1.165) is 122 Å². The maximum absolute atomic E-state index is 11.8. The molecule has 0 aromatic heterocycles. The number of ether oxygens (including phenoxy) is 9. The first kappa shape index (κ1) is 59.4. The van der Waals surface area contributed by atoms with Crippen molar-refractivity contribution < 1.29 is 72.3 Å². The van der Waals surface area contributed by atoms with Gasteiger partial charge in [-0.25, -0.2) is 0 Å². The van der Waals surface area contributed by atoms with Gasteiger partial charge in [-0.3, -0.25) is 14.4 Å². The highest BCUT2D eigenvalue weighted by molar-refractivity contribution is 9.11. The van der Waals surface area contributed by atoms with E-state index in [2.05, 4.69) is 47.8 Å². The second-order valence-corrected chi connectivity index (χ2v) is 24.5. The molecule has 3 fully saturated rings. The summed E-state index contributed by atoms with van der Waals surface area (Å²) in [5, 5.41) is 30.6. The van der Waals surface area contributed by atoms with E-state index in [1.807, 2.05) is 20.8 Å². The molecule has 0 saturated carbocycles. The lowest BCUT2D eigenvalue weighted by Crippen LogP contribution is -2.46. The highest BCUT2D eigenvalue weighted by Crippen LogP contribution is 2.49. The Kier molecular flexibility index (Phi) is 18.8. The van der Waals surface area contributed by atoms with Gasteiger partial charge in [0.15, 0.2) is 51.9 Å². The Morgan fingerprint density at radius 2 is 0.926 bits per heavy atom. The fraction of sp³-hybridized carbons (Fsp3) is 0.550. The van der Waals surface area contributed by atoms with Crippen LogP contribution in [0, 0.1) is 0 Å². The van der Waals surface area contributed by atoms with Gasteiger partial charge in [0.2, 0.25) is 19.2 Å². The number of carbonyl (C=O) groups excluding carboxylic acids is 3. The summed E-state index contributed by atoms with van der Waals surface area (Å²) in [6.45, 7) is 6.04. The van der Waals surface area contributed by atoms with Gasteiger partial charge < -0.3 is 72.7 Å². The molecule has 18 nitrogen and oxygen atoms in total. The number of benzene rings is 3. The summed E-state index contributed by atoms with van der Waals surface area (Å²) in [6.07, 6.45) is 14.8. The van der Waals surface area contributed by atoms with Crippen molar-refractivity contribution in [1.82, 2.24) is 14.7 Å². The van der Waals surface area contributed by atoms with Crippen LogP contribution in [0.3, 0.4) is 0 Å². The van der Waals surface area contributed by atoms with Gasteiger partial charge in [-0.1, -0.05) is 54.6 Å². The van der Waals surface area contributed by atoms with Crippen LogP contribution < -0.4 is 14.2 Å². The van der Waals surface area contributed by atoms with Crippen LogP contribution in [0.4, 0.5) is 0 Å². The minimum atomic E-state index is -0.466. The average molecular weight is 1310 g/mol. The topological polar surface area (TPSA) is 205 Å². The van der Waals surface area contributed by atoms with Gasteiger partial charge in [0.05, 0.1) is 83.6 Å². The minimum absolute atomic E-state index is 0.00546. The molecule has 0 bridgehead atoms. The van der Waals surface area contributed by atoms with Crippen molar-refractivity contribution in [2.45, 2.75) is 132 Å². The van der Waals surface area contributed by atoms with E-state index in [-0.39, 0.29) is 35.4 Å². The highest BCUT2D eigenvalue weighted by Gasteiger charge is 2.47. The maximum Gasteiger partial charge on any atom is 0.210 e. The van der Waals surface area contributed by atoms with Crippen molar-refractivity contribution in [1.29, 1.82) is 0 Å². The molecule has 6 aliphatic heterocycles. The molecule has 3 unspecified atom stereocenters. The summed E-state index contributed by atoms with van der Waals surface area (Å²) in [4.78, 5) is 40.8. The first-order chi connectivity index (χ1) is 39.2. The van der Waals surface area contributed by atoms with Crippen LogP contribution in [0.25, 0.3) is 0 Å². The second kappa shape index (κ2) is 25.6. The van der Waals surface area contributed by atoms with E-state index in [1.54, 1.807) is 30.3 Å². The van der Waals surface area contributed by atoms with Crippen LogP contribution in [0.15, 0.2) is 83.3 Å². The first-order valence-electron chi connectivity index (χ1n) is 27.9. The molecule has 3 amide bonds. The number of rotatable bonds is 12. The normalized spacial score (nSPS) is 24.2. The maximum atomic E-state index is 11.8. The van der Waals surface area contributed by atoms with Crippen LogP contribution >= 0.6 is 47.8 Å². The lowest BCUT2D eigenvalue weighted by molar-refractivity contribution is -0.165. The number of hydrogen-bond donors (Lipinski definition) is 3. The highest BCUT2D eigenvalue weighted by atomic mass is 79.9. The smallest absolute Gasteiger partial charge is 0.210 e. The summed E-state index contributed by atoms with van der Waals surface area (Å²) in [5.41, 5.74) is 10.9. The van der Waals surface area contributed by atoms with E-state index in [1.165, 1.54) is 54.8 Å². The van der Waals surface area contributed by atoms with E-state index in [0.29, 0.717) is 100 Å². The van der Waals surface area contributed by atoms with Crippen molar-refractivity contribution in [2.24, 2.45) is 0 Å². The van der Waals surface area contributed by atoms with Crippen molar-refractivity contribution >= 4 is 67.0 Å². The van der Waals surface area contributed by atoms with Gasteiger partial charge in [-0.15, -0.1) is 0 Å². The third-order valence-corrected chi connectivity index (χ3v) is 20.0. The zero-order valence-electron chi connectivity index (χ0n) is 46.1. The molecule has 6 heterocycles. The first-order valence-corrected chi connectivity index (χ1v) is 30.3. The van der Waals surface area contributed by atoms with Crippen LogP contribution in [-0.2, 0) is 62.1 Å². The van der Waals surface area contributed by atoms with Crippen LogP contribution in [0.2, 0.25) is 0 Å². The molecule has 3 aliphatic carbocycles. The number of halogens is 3. The minimum Gasteiger partial charge on any atom is -0.504 e. The third-order valence-electron chi connectivity index (χ3n) is 17.7.